The quantitative estimate of drug-likeness (QED) is 0.725. The summed E-state index contributed by atoms with van der Waals surface area (Å²) < 4.78 is 11.3. The first kappa shape index (κ1) is 9.44. The summed E-state index contributed by atoms with van der Waals surface area (Å²) >= 11 is 0. The molecule has 2 fully saturated rings. The predicted octanol–water partition coefficient (Wildman–Crippen LogP) is 1.44. The first-order chi connectivity index (χ1) is 6.35. The topological polar surface area (TPSA) is 38.7 Å². The summed E-state index contributed by atoms with van der Waals surface area (Å²) in [5.74, 6) is 0. The number of ether oxygens (including phenoxy) is 2. The molecule has 3 nitrogen and oxygen atoms in total. The number of aliphatic hydroxyl groups is 1. The zero-order valence-electron chi connectivity index (χ0n) is 8.00. The van der Waals surface area contributed by atoms with Crippen molar-refractivity contribution in [1.82, 2.24) is 0 Å². The lowest BCUT2D eigenvalue weighted by molar-refractivity contribution is -0.255. The third-order valence-electron chi connectivity index (χ3n) is 3.07. The average Bonchev–Trinajstić information content (AvgIpc) is 2.13. The first-order valence-electron chi connectivity index (χ1n) is 5.25. The Morgan fingerprint density at radius 1 is 1.31 bits per heavy atom. The molecule has 2 rings (SSSR count). The summed E-state index contributed by atoms with van der Waals surface area (Å²) in [6.07, 6.45) is 6.42. The van der Waals surface area contributed by atoms with E-state index in [1.165, 1.54) is 12.8 Å². The van der Waals surface area contributed by atoms with E-state index in [9.17, 15) is 5.11 Å². The van der Waals surface area contributed by atoms with Crippen molar-refractivity contribution < 1.29 is 14.6 Å². The Labute approximate surface area is 79.0 Å². The van der Waals surface area contributed by atoms with E-state index >= 15 is 0 Å². The van der Waals surface area contributed by atoms with E-state index < -0.39 is 0 Å². The van der Waals surface area contributed by atoms with Crippen LogP contribution in [0.3, 0.4) is 0 Å². The predicted molar refractivity (Wildman–Crippen MR) is 48.3 cm³/mol. The molecule has 0 aromatic heterocycles. The highest BCUT2D eigenvalue weighted by Gasteiger charge is 2.40. The highest BCUT2D eigenvalue weighted by Crippen LogP contribution is 2.37. The molecule has 0 aromatic rings. The van der Waals surface area contributed by atoms with Crippen LogP contribution in [0, 0.1) is 0 Å². The first-order valence-corrected chi connectivity index (χ1v) is 5.25. The Kier molecular flexibility index (Phi) is 2.86. The van der Waals surface area contributed by atoms with Gasteiger partial charge in [0.05, 0.1) is 12.2 Å². The fourth-order valence-electron chi connectivity index (χ4n) is 1.97. The number of hydrogen-bond donors (Lipinski definition) is 1. The van der Waals surface area contributed by atoms with Crippen LogP contribution in [0.4, 0.5) is 0 Å². The van der Waals surface area contributed by atoms with Crippen molar-refractivity contribution in [2.24, 2.45) is 0 Å². The molecule has 1 N–H and O–H groups in total. The van der Waals surface area contributed by atoms with Crippen molar-refractivity contribution >= 4 is 0 Å². The lowest BCUT2D eigenvalue weighted by atomic mass is 9.80. The van der Waals surface area contributed by atoms with Gasteiger partial charge >= 0.3 is 0 Å². The standard InChI is InChI=1S/C10H18O3/c11-8-10(5-3-6-10)13-9-4-1-2-7-12-9/h9,11H,1-8H2. The van der Waals surface area contributed by atoms with Gasteiger partial charge in [-0.1, -0.05) is 0 Å². The van der Waals surface area contributed by atoms with Crippen LogP contribution >= 0.6 is 0 Å². The zero-order chi connectivity index (χ0) is 9.15. The molecule has 0 aromatic carbocycles. The summed E-state index contributed by atoms with van der Waals surface area (Å²) in [6.45, 7) is 0.957. The lowest BCUT2D eigenvalue weighted by Crippen LogP contribution is -2.47. The number of hydrogen-bond acceptors (Lipinski definition) is 3. The van der Waals surface area contributed by atoms with Crippen LogP contribution in [0.2, 0.25) is 0 Å². The van der Waals surface area contributed by atoms with Crippen LogP contribution in [0.1, 0.15) is 38.5 Å². The molecule has 0 radical (unpaired) electrons. The summed E-state index contributed by atoms with van der Waals surface area (Å²) in [4.78, 5) is 0. The molecule has 0 amide bonds. The van der Waals surface area contributed by atoms with Crippen LogP contribution in [0.5, 0.6) is 0 Å². The average molecular weight is 186 g/mol. The van der Waals surface area contributed by atoms with Gasteiger partial charge in [0.2, 0.25) is 0 Å². The molecular weight excluding hydrogens is 168 g/mol. The largest absolute Gasteiger partial charge is 0.393 e. The van der Waals surface area contributed by atoms with E-state index in [-0.39, 0.29) is 18.5 Å². The van der Waals surface area contributed by atoms with E-state index in [0.29, 0.717) is 0 Å². The minimum absolute atomic E-state index is 0.0544. The maximum atomic E-state index is 9.19. The van der Waals surface area contributed by atoms with Gasteiger partial charge in [-0.2, -0.15) is 0 Å². The minimum atomic E-state index is -0.248. The summed E-state index contributed by atoms with van der Waals surface area (Å²) in [5, 5.41) is 9.19. The smallest absolute Gasteiger partial charge is 0.158 e. The molecule has 13 heavy (non-hydrogen) atoms. The molecule has 1 atom stereocenters. The Hall–Kier alpha value is -0.120. The summed E-state index contributed by atoms with van der Waals surface area (Å²) in [5.41, 5.74) is -0.248. The van der Waals surface area contributed by atoms with E-state index in [4.69, 9.17) is 9.47 Å². The highest BCUT2D eigenvalue weighted by molar-refractivity contribution is 4.89. The van der Waals surface area contributed by atoms with Gasteiger partial charge in [0.15, 0.2) is 6.29 Å². The molecule has 3 heteroatoms. The van der Waals surface area contributed by atoms with Crippen LogP contribution in [-0.4, -0.2) is 30.2 Å². The number of rotatable bonds is 3. The Balaban J connectivity index is 1.81. The third kappa shape index (κ3) is 2.03. The summed E-state index contributed by atoms with van der Waals surface area (Å²) in [6, 6.07) is 0. The zero-order valence-corrected chi connectivity index (χ0v) is 8.00. The molecule has 0 spiro atoms. The maximum absolute atomic E-state index is 9.19. The molecule has 1 aliphatic heterocycles. The monoisotopic (exact) mass is 186 g/mol. The van der Waals surface area contributed by atoms with E-state index in [2.05, 4.69) is 0 Å². The molecule has 1 saturated heterocycles. The Morgan fingerprint density at radius 3 is 2.62 bits per heavy atom. The van der Waals surface area contributed by atoms with Gasteiger partial charge in [-0.3, -0.25) is 0 Å². The molecule has 1 unspecified atom stereocenters. The summed E-state index contributed by atoms with van der Waals surface area (Å²) in [7, 11) is 0. The molecular formula is C10H18O3. The second-order valence-corrected chi connectivity index (χ2v) is 4.11. The van der Waals surface area contributed by atoms with Crippen LogP contribution < -0.4 is 0 Å². The van der Waals surface area contributed by atoms with Gasteiger partial charge < -0.3 is 14.6 Å². The van der Waals surface area contributed by atoms with Crippen molar-refractivity contribution in [3.05, 3.63) is 0 Å². The van der Waals surface area contributed by atoms with Gasteiger partial charge in [-0.05, 0) is 38.5 Å². The number of aliphatic hydroxyl groups excluding tert-OH is 1. The van der Waals surface area contributed by atoms with Crippen molar-refractivity contribution in [1.29, 1.82) is 0 Å². The van der Waals surface area contributed by atoms with Crippen LogP contribution in [0.25, 0.3) is 0 Å². The highest BCUT2D eigenvalue weighted by atomic mass is 16.7. The van der Waals surface area contributed by atoms with Gasteiger partial charge in [-0.15, -0.1) is 0 Å². The van der Waals surface area contributed by atoms with Crippen LogP contribution in [0.15, 0.2) is 0 Å². The third-order valence-corrected chi connectivity index (χ3v) is 3.07. The van der Waals surface area contributed by atoms with Crippen molar-refractivity contribution in [2.75, 3.05) is 13.2 Å². The van der Waals surface area contributed by atoms with Crippen molar-refractivity contribution in [3.8, 4) is 0 Å². The maximum Gasteiger partial charge on any atom is 0.158 e. The second kappa shape index (κ2) is 3.95. The molecule has 1 heterocycles. The Bertz CT molecular complexity index is 154. The lowest BCUT2D eigenvalue weighted by Gasteiger charge is -2.43. The SMILES string of the molecule is OCC1(OC2CCCCO2)CCC1. The molecule has 1 aliphatic carbocycles. The molecule has 76 valence electrons. The second-order valence-electron chi connectivity index (χ2n) is 4.11. The molecule has 2 aliphatic rings. The normalized spacial score (nSPS) is 32.5. The van der Waals surface area contributed by atoms with E-state index in [0.717, 1.165) is 32.3 Å². The molecule has 0 bridgehead atoms. The fraction of sp³-hybridized carbons (Fsp3) is 1.00. The van der Waals surface area contributed by atoms with Gasteiger partial charge in [0.25, 0.3) is 0 Å². The Morgan fingerprint density at radius 2 is 2.15 bits per heavy atom. The fourth-order valence-corrected chi connectivity index (χ4v) is 1.97. The molecule has 1 saturated carbocycles. The van der Waals surface area contributed by atoms with E-state index in [1.54, 1.807) is 0 Å². The van der Waals surface area contributed by atoms with Gasteiger partial charge in [0.1, 0.15) is 0 Å². The van der Waals surface area contributed by atoms with Gasteiger partial charge in [-0.25, -0.2) is 0 Å². The van der Waals surface area contributed by atoms with E-state index in [1.807, 2.05) is 0 Å². The van der Waals surface area contributed by atoms with Crippen LogP contribution in [-0.2, 0) is 9.47 Å². The van der Waals surface area contributed by atoms with Crippen molar-refractivity contribution in [3.63, 3.8) is 0 Å². The minimum Gasteiger partial charge on any atom is -0.393 e. The van der Waals surface area contributed by atoms with Crippen molar-refractivity contribution in [2.45, 2.75) is 50.4 Å². The van der Waals surface area contributed by atoms with Gasteiger partial charge in [0, 0.05) is 6.61 Å².